The van der Waals surface area contributed by atoms with E-state index in [-0.39, 0.29) is 11.8 Å². The maximum Gasteiger partial charge on any atom is 0.284 e. The summed E-state index contributed by atoms with van der Waals surface area (Å²) in [6, 6.07) is 9.20. The molecule has 1 aromatic heterocycles. The Morgan fingerprint density at radius 3 is 2.63 bits per heavy atom. The second kappa shape index (κ2) is 9.12. The van der Waals surface area contributed by atoms with Crippen LogP contribution in [0, 0.1) is 24.2 Å². The molecule has 0 bridgehead atoms. The SMILES string of the molecule is Cc1sc(N(CC[C@@H]2CC[C@@H](O)C2)c2ccc(C#N)cc2)nc1C(=O)NS(C)(=O)=O. The monoisotopic (exact) mass is 448 g/mol. The number of benzene rings is 1. The molecular formula is C20H24N4O4S2. The van der Waals surface area contributed by atoms with Gasteiger partial charge in [0.25, 0.3) is 5.91 Å². The lowest BCUT2D eigenvalue weighted by Crippen LogP contribution is -2.30. The van der Waals surface area contributed by atoms with Crippen LogP contribution in [0.15, 0.2) is 24.3 Å². The van der Waals surface area contributed by atoms with Gasteiger partial charge >= 0.3 is 0 Å². The number of nitrogens with zero attached hydrogens (tertiary/aromatic N) is 3. The summed E-state index contributed by atoms with van der Waals surface area (Å²) in [6.07, 6.45) is 4.09. The number of nitrogens with one attached hydrogen (secondary N) is 1. The van der Waals surface area contributed by atoms with Gasteiger partial charge in [0.2, 0.25) is 10.0 Å². The Bertz CT molecular complexity index is 1060. The Morgan fingerprint density at radius 2 is 2.07 bits per heavy atom. The molecular weight excluding hydrogens is 424 g/mol. The molecule has 1 saturated carbocycles. The summed E-state index contributed by atoms with van der Waals surface area (Å²) in [5.41, 5.74) is 1.45. The number of aliphatic hydroxyl groups excluding tert-OH is 1. The summed E-state index contributed by atoms with van der Waals surface area (Å²) in [4.78, 5) is 19.3. The van der Waals surface area contributed by atoms with Crippen LogP contribution >= 0.6 is 11.3 Å². The van der Waals surface area contributed by atoms with Crippen LogP contribution in [0.5, 0.6) is 0 Å². The summed E-state index contributed by atoms with van der Waals surface area (Å²) in [7, 11) is -3.69. The Hall–Kier alpha value is -2.48. The molecule has 2 atom stereocenters. The number of aliphatic hydroxyl groups is 1. The molecule has 0 aliphatic heterocycles. The lowest BCUT2D eigenvalue weighted by Gasteiger charge is -2.23. The van der Waals surface area contributed by atoms with Crippen LogP contribution in [0.3, 0.4) is 0 Å². The van der Waals surface area contributed by atoms with Gasteiger partial charge in [-0.05, 0) is 62.8 Å². The van der Waals surface area contributed by atoms with Crippen molar-refractivity contribution in [3.05, 3.63) is 40.4 Å². The van der Waals surface area contributed by atoms with Crippen LogP contribution in [-0.4, -0.2) is 43.3 Å². The first kappa shape index (κ1) is 22.2. The zero-order chi connectivity index (χ0) is 21.9. The number of amides is 1. The van der Waals surface area contributed by atoms with E-state index in [2.05, 4.69) is 11.1 Å². The largest absolute Gasteiger partial charge is 0.393 e. The van der Waals surface area contributed by atoms with E-state index < -0.39 is 15.9 Å². The molecule has 2 aromatic rings. The lowest BCUT2D eigenvalue weighted by molar-refractivity contribution is 0.0977. The van der Waals surface area contributed by atoms with Gasteiger partial charge in [-0.1, -0.05) is 0 Å². The maximum atomic E-state index is 12.3. The number of anilines is 2. The molecule has 160 valence electrons. The molecule has 1 aliphatic carbocycles. The third-order valence-corrected chi connectivity index (χ3v) is 6.64. The van der Waals surface area contributed by atoms with Gasteiger partial charge in [0.15, 0.2) is 5.13 Å². The first-order chi connectivity index (χ1) is 14.2. The summed E-state index contributed by atoms with van der Waals surface area (Å²) < 4.78 is 24.8. The van der Waals surface area contributed by atoms with E-state index in [9.17, 15) is 18.3 Å². The lowest BCUT2D eigenvalue weighted by atomic mass is 10.0. The highest BCUT2D eigenvalue weighted by Crippen LogP contribution is 2.34. The highest BCUT2D eigenvalue weighted by atomic mass is 32.2. The van der Waals surface area contributed by atoms with E-state index in [1.165, 1.54) is 11.3 Å². The van der Waals surface area contributed by atoms with Crippen LogP contribution in [-0.2, 0) is 10.0 Å². The standard InChI is InChI=1S/C20H24N4O4S2/c1-13-18(19(26)23-30(2,27)28)22-20(29-13)24(10-9-14-5-8-17(25)11-14)16-6-3-15(12-21)4-7-16/h3-4,6-7,14,17,25H,5,8-11H2,1-2H3,(H,23,26)/t14-,17+/m0/s1. The molecule has 10 heteroatoms. The molecule has 1 heterocycles. The topological polar surface area (TPSA) is 123 Å². The van der Waals surface area contributed by atoms with Crippen LogP contribution in [0.2, 0.25) is 0 Å². The van der Waals surface area contributed by atoms with Crippen molar-refractivity contribution in [2.45, 2.75) is 38.7 Å². The molecule has 8 nitrogen and oxygen atoms in total. The van der Waals surface area contributed by atoms with Crippen molar-refractivity contribution in [1.82, 2.24) is 9.71 Å². The second-order valence-corrected chi connectivity index (χ2v) is 10.5. The Kier molecular flexibility index (Phi) is 6.75. The smallest absolute Gasteiger partial charge is 0.284 e. The van der Waals surface area contributed by atoms with E-state index in [4.69, 9.17) is 5.26 Å². The van der Waals surface area contributed by atoms with Gasteiger partial charge in [0.1, 0.15) is 5.69 Å². The van der Waals surface area contributed by atoms with Crippen molar-refractivity contribution in [3.63, 3.8) is 0 Å². The fourth-order valence-electron chi connectivity index (χ4n) is 3.60. The molecule has 1 amide bonds. The molecule has 2 N–H and O–H groups in total. The number of hydrogen-bond acceptors (Lipinski definition) is 8. The summed E-state index contributed by atoms with van der Waals surface area (Å²) in [5, 5.41) is 19.4. The zero-order valence-corrected chi connectivity index (χ0v) is 18.5. The number of rotatable bonds is 7. The predicted molar refractivity (Wildman–Crippen MR) is 115 cm³/mol. The summed E-state index contributed by atoms with van der Waals surface area (Å²) >= 11 is 1.31. The predicted octanol–water partition coefficient (Wildman–Crippen LogP) is 2.70. The Morgan fingerprint density at radius 1 is 1.37 bits per heavy atom. The van der Waals surface area contributed by atoms with Gasteiger partial charge in [-0.25, -0.2) is 18.1 Å². The van der Waals surface area contributed by atoms with Gasteiger partial charge in [0, 0.05) is 17.1 Å². The molecule has 3 rings (SSSR count). The quantitative estimate of drug-likeness (QED) is 0.667. The van der Waals surface area contributed by atoms with E-state index in [0.29, 0.717) is 28.0 Å². The molecule has 30 heavy (non-hydrogen) atoms. The Balaban J connectivity index is 1.88. The summed E-state index contributed by atoms with van der Waals surface area (Å²) in [5.74, 6) is -0.342. The van der Waals surface area contributed by atoms with Gasteiger partial charge in [-0.15, -0.1) is 11.3 Å². The average Bonchev–Trinajstić information content (AvgIpc) is 3.26. The number of aromatic nitrogens is 1. The highest BCUT2D eigenvalue weighted by Gasteiger charge is 2.26. The average molecular weight is 449 g/mol. The molecule has 1 fully saturated rings. The minimum Gasteiger partial charge on any atom is -0.393 e. The third kappa shape index (κ3) is 5.56. The normalized spacial score (nSPS) is 18.7. The molecule has 1 aromatic carbocycles. The van der Waals surface area contributed by atoms with E-state index in [0.717, 1.165) is 37.6 Å². The maximum absolute atomic E-state index is 12.3. The number of aryl methyl sites for hydroxylation is 1. The minimum absolute atomic E-state index is 0.0790. The first-order valence-electron chi connectivity index (χ1n) is 9.61. The summed E-state index contributed by atoms with van der Waals surface area (Å²) in [6.45, 7) is 2.35. The van der Waals surface area contributed by atoms with Crippen molar-refractivity contribution in [2.75, 3.05) is 17.7 Å². The van der Waals surface area contributed by atoms with Crippen LogP contribution in [0.1, 0.15) is 46.6 Å². The number of carbonyl (C=O) groups is 1. The number of carbonyl (C=O) groups excluding carboxylic acids is 1. The van der Waals surface area contributed by atoms with Crippen molar-refractivity contribution >= 4 is 38.1 Å². The zero-order valence-electron chi connectivity index (χ0n) is 16.8. The number of hydrogen-bond donors (Lipinski definition) is 2. The van der Waals surface area contributed by atoms with Crippen molar-refractivity contribution in [2.24, 2.45) is 5.92 Å². The van der Waals surface area contributed by atoms with Gasteiger partial charge in [-0.2, -0.15) is 5.26 Å². The third-order valence-electron chi connectivity index (χ3n) is 5.09. The van der Waals surface area contributed by atoms with Crippen LogP contribution in [0.4, 0.5) is 10.8 Å². The molecule has 0 unspecified atom stereocenters. The van der Waals surface area contributed by atoms with Crippen LogP contribution < -0.4 is 9.62 Å². The number of nitriles is 1. The van der Waals surface area contributed by atoms with Gasteiger partial charge in [-0.3, -0.25) is 4.79 Å². The van der Waals surface area contributed by atoms with Crippen LogP contribution in [0.25, 0.3) is 0 Å². The molecule has 0 spiro atoms. The van der Waals surface area contributed by atoms with Crippen molar-refractivity contribution in [3.8, 4) is 6.07 Å². The number of sulfonamides is 1. The minimum atomic E-state index is -3.69. The van der Waals surface area contributed by atoms with E-state index in [1.54, 1.807) is 19.1 Å². The molecule has 0 radical (unpaired) electrons. The fourth-order valence-corrected chi connectivity index (χ4v) is 4.98. The first-order valence-corrected chi connectivity index (χ1v) is 12.3. The van der Waals surface area contributed by atoms with Crippen molar-refractivity contribution < 1.29 is 18.3 Å². The van der Waals surface area contributed by atoms with E-state index in [1.807, 2.05) is 21.8 Å². The van der Waals surface area contributed by atoms with Gasteiger partial charge in [0.05, 0.1) is 24.0 Å². The van der Waals surface area contributed by atoms with E-state index >= 15 is 0 Å². The molecule has 1 aliphatic rings. The second-order valence-electron chi connectivity index (χ2n) is 7.54. The van der Waals surface area contributed by atoms with Crippen molar-refractivity contribution in [1.29, 1.82) is 5.26 Å². The number of thiazole rings is 1. The van der Waals surface area contributed by atoms with Gasteiger partial charge < -0.3 is 10.0 Å². The fraction of sp³-hybridized carbons (Fsp3) is 0.450. The highest BCUT2D eigenvalue weighted by molar-refractivity contribution is 7.89. The molecule has 0 saturated heterocycles. The Labute approximate surface area is 180 Å².